The van der Waals surface area contributed by atoms with Gasteiger partial charge in [0.15, 0.2) is 5.96 Å². The van der Waals surface area contributed by atoms with E-state index in [1.165, 1.54) is 0 Å². The van der Waals surface area contributed by atoms with Crippen LogP contribution in [-0.2, 0) is 22.9 Å². The molecule has 0 spiro atoms. The van der Waals surface area contributed by atoms with Crippen molar-refractivity contribution in [1.29, 1.82) is 0 Å². The number of rotatable bonds is 6. The molecule has 170 valence electrons. The molecule has 1 aromatic rings. The van der Waals surface area contributed by atoms with Gasteiger partial charge in [-0.1, -0.05) is 0 Å². The van der Waals surface area contributed by atoms with Gasteiger partial charge in [0, 0.05) is 26.3 Å². The maximum atomic E-state index is 12.9. The molecule has 0 aromatic carbocycles. The van der Waals surface area contributed by atoms with Crippen LogP contribution in [0.1, 0.15) is 54.0 Å². The van der Waals surface area contributed by atoms with E-state index in [2.05, 4.69) is 15.7 Å². The second-order valence-electron chi connectivity index (χ2n) is 9.11. The minimum atomic E-state index is -0.756. The highest BCUT2D eigenvalue weighted by Crippen LogP contribution is 2.33. The van der Waals surface area contributed by atoms with Crippen LogP contribution in [0.5, 0.6) is 0 Å². The molecule has 30 heavy (non-hydrogen) atoms. The van der Waals surface area contributed by atoms with Gasteiger partial charge in [-0.05, 0) is 60.5 Å². The van der Waals surface area contributed by atoms with Crippen molar-refractivity contribution >= 4 is 12.1 Å². The van der Waals surface area contributed by atoms with Crippen LogP contribution >= 0.6 is 0 Å². The Morgan fingerprint density at radius 3 is 2.63 bits per heavy atom. The first-order valence-electron chi connectivity index (χ1n) is 10.6. The first-order valence-corrected chi connectivity index (χ1v) is 10.6. The molecule has 1 aliphatic rings. The number of carbonyl (C=O) groups excluding carboxylic acids is 1. The summed E-state index contributed by atoms with van der Waals surface area (Å²) in [7, 11) is 1.91. The van der Waals surface area contributed by atoms with Crippen LogP contribution in [0.15, 0.2) is 17.4 Å². The topological polar surface area (TPSA) is 93.0 Å². The molecule has 1 aliphatic heterocycles. The van der Waals surface area contributed by atoms with Crippen LogP contribution in [0.3, 0.4) is 0 Å². The Hall–Kier alpha value is -2.29. The maximum absolute atomic E-state index is 12.9. The summed E-state index contributed by atoms with van der Waals surface area (Å²) in [6.07, 6.45) is 4.17. The van der Waals surface area contributed by atoms with E-state index < -0.39 is 11.3 Å². The van der Waals surface area contributed by atoms with E-state index in [9.17, 15) is 4.79 Å². The summed E-state index contributed by atoms with van der Waals surface area (Å²) in [6.45, 7) is 15.2. The molecule has 1 amide bonds. The van der Waals surface area contributed by atoms with E-state index in [-0.39, 0.29) is 18.2 Å². The number of guanidine groups is 1. The number of aromatic nitrogens is 2. The van der Waals surface area contributed by atoms with Crippen LogP contribution < -0.4 is 10.6 Å². The van der Waals surface area contributed by atoms with Gasteiger partial charge in [-0.25, -0.2) is 4.79 Å². The molecule has 1 fully saturated rings. The summed E-state index contributed by atoms with van der Waals surface area (Å²) >= 11 is 0. The van der Waals surface area contributed by atoms with Crippen LogP contribution in [0, 0.1) is 0 Å². The number of hydrogen-bond acceptors (Lipinski definition) is 5. The predicted octanol–water partition coefficient (Wildman–Crippen LogP) is 2.28. The van der Waals surface area contributed by atoms with Crippen molar-refractivity contribution in [2.24, 2.45) is 12.0 Å². The van der Waals surface area contributed by atoms with E-state index in [1.54, 1.807) is 9.58 Å². The fourth-order valence-corrected chi connectivity index (χ4v) is 3.55. The second-order valence-corrected chi connectivity index (χ2v) is 9.11. The summed E-state index contributed by atoms with van der Waals surface area (Å²) in [5, 5.41) is 10.8. The molecule has 2 N–H and O–H groups in total. The molecule has 0 bridgehead atoms. The van der Waals surface area contributed by atoms with Gasteiger partial charge in [-0.15, -0.1) is 0 Å². The first kappa shape index (κ1) is 24.0. The summed E-state index contributed by atoms with van der Waals surface area (Å²) in [5.41, 5.74) is -0.166. The zero-order valence-corrected chi connectivity index (χ0v) is 19.7. The Balaban J connectivity index is 2.05. The quantitative estimate of drug-likeness (QED) is 0.540. The molecule has 2 unspecified atom stereocenters. The molecule has 9 heteroatoms. The Bertz CT molecular complexity index is 737. The van der Waals surface area contributed by atoms with Crippen LogP contribution in [-0.4, -0.2) is 69.8 Å². The van der Waals surface area contributed by atoms with E-state index >= 15 is 0 Å². The Morgan fingerprint density at radius 2 is 2.07 bits per heavy atom. The van der Waals surface area contributed by atoms with Crippen molar-refractivity contribution in [1.82, 2.24) is 25.3 Å². The van der Waals surface area contributed by atoms with Crippen molar-refractivity contribution in [2.75, 3.05) is 19.6 Å². The fourth-order valence-electron chi connectivity index (χ4n) is 3.55. The average molecular weight is 423 g/mol. The molecule has 1 aromatic heterocycles. The highest BCUT2D eigenvalue weighted by molar-refractivity contribution is 5.79. The van der Waals surface area contributed by atoms with E-state index in [4.69, 9.17) is 14.5 Å². The Morgan fingerprint density at radius 1 is 1.37 bits per heavy atom. The maximum Gasteiger partial charge on any atom is 0.412 e. The number of aliphatic imine (C=N–C) groups is 1. The molecule has 0 saturated carbocycles. The minimum Gasteiger partial charge on any atom is -0.444 e. The lowest BCUT2D eigenvalue weighted by Gasteiger charge is -2.34. The molecule has 0 radical (unpaired) electrons. The highest BCUT2D eigenvalue weighted by atomic mass is 16.6. The minimum absolute atomic E-state index is 0.158. The molecule has 0 aliphatic carbocycles. The van der Waals surface area contributed by atoms with Crippen LogP contribution in [0.2, 0.25) is 0 Å². The first-order chi connectivity index (χ1) is 13.9. The molecule has 2 atom stereocenters. The number of nitrogens with one attached hydrogen (secondary N) is 2. The largest absolute Gasteiger partial charge is 0.444 e. The number of amides is 1. The molecule has 1 saturated heterocycles. The summed E-state index contributed by atoms with van der Waals surface area (Å²) in [4.78, 5) is 19.3. The van der Waals surface area contributed by atoms with Gasteiger partial charge in [-0.2, -0.15) is 5.10 Å². The van der Waals surface area contributed by atoms with Gasteiger partial charge in [0.05, 0.1) is 24.9 Å². The van der Waals surface area contributed by atoms with Gasteiger partial charge >= 0.3 is 6.09 Å². The standard InChI is InChI=1S/C21H38N6O3/c1-9-22-18(23-11-10-16-12-25-26(8)14-16)24-13-17-15(2)29-21(6,7)27(17)19(28)30-20(3,4)5/h12,14-15,17H,9-11,13H2,1-8H3,(H2,22,23,24). The Labute approximate surface area is 180 Å². The summed E-state index contributed by atoms with van der Waals surface area (Å²) in [5.74, 6) is 0.711. The monoisotopic (exact) mass is 422 g/mol. The fraction of sp³-hybridized carbons (Fsp3) is 0.762. The van der Waals surface area contributed by atoms with Crippen molar-refractivity contribution in [2.45, 2.75) is 78.4 Å². The number of ether oxygens (including phenoxy) is 2. The van der Waals surface area contributed by atoms with Gasteiger partial charge < -0.3 is 20.1 Å². The third-order valence-electron chi connectivity index (χ3n) is 4.76. The number of aryl methyl sites for hydroxylation is 1. The van der Waals surface area contributed by atoms with Crippen molar-refractivity contribution in [3.8, 4) is 0 Å². The molecule has 2 rings (SSSR count). The van der Waals surface area contributed by atoms with Crippen molar-refractivity contribution < 1.29 is 14.3 Å². The smallest absolute Gasteiger partial charge is 0.412 e. The third-order valence-corrected chi connectivity index (χ3v) is 4.76. The second kappa shape index (κ2) is 9.68. The molecule has 9 nitrogen and oxygen atoms in total. The molecular formula is C21H38N6O3. The van der Waals surface area contributed by atoms with Crippen molar-refractivity contribution in [3.05, 3.63) is 18.0 Å². The zero-order valence-electron chi connectivity index (χ0n) is 19.7. The van der Waals surface area contributed by atoms with E-state index in [0.717, 1.165) is 25.1 Å². The highest BCUT2D eigenvalue weighted by Gasteiger charge is 2.49. The van der Waals surface area contributed by atoms with Gasteiger partial charge in [0.1, 0.15) is 11.3 Å². The van der Waals surface area contributed by atoms with Gasteiger partial charge in [0.2, 0.25) is 0 Å². The van der Waals surface area contributed by atoms with E-state index in [1.807, 2.05) is 67.9 Å². The van der Waals surface area contributed by atoms with Gasteiger partial charge in [0.25, 0.3) is 0 Å². The molecule has 2 heterocycles. The number of hydrogen-bond donors (Lipinski definition) is 2. The van der Waals surface area contributed by atoms with Crippen LogP contribution in [0.4, 0.5) is 4.79 Å². The average Bonchev–Trinajstić information content (AvgIpc) is 3.10. The predicted molar refractivity (Wildman–Crippen MR) is 117 cm³/mol. The zero-order chi connectivity index (χ0) is 22.5. The van der Waals surface area contributed by atoms with Gasteiger partial charge in [-0.3, -0.25) is 14.6 Å². The molecular weight excluding hydrogens is 384 g/mol. The Kier molecular flexibility index (Phi) is 7.74. The lowest BCUT2D eigenvalue weighted by atomic mass is 10.1. The summed E-state index contributed by atoms with van der Waals surface area (Å²) < 4.78 is 13.5. The SMILES string of the molecule is CCNC(=NCC1C(C)OC(C)(C)N1C(=O)OC(C)(C)C)NCCc1cnn(C)c1. The normalized spacial score (nSPS) is 21.6. The lowest BCUT2D eigenvalue weighted by Crippen LogP contribution is -2.51. The van der Waals surface area contributed by atoms with Crippen LogP contribution in [0.25, 0.3) is 0 Å². The number of carbonyl (C=O) groups is 1. The van der Waals surface area contributed by atoms with E-state index in [0.29, 0.717) is 12.5 Å². The third kappa shape index (κ3) is 6.62. The number of nitrogens with zero attached hydrogens (tertiary/aromatic N) is 4. The summed E-state index contributed by atoms with van der Waals surface area (Å²) in [6, 6.07) is -0.219. The lowest BCUT2D eigenvalue weighted by molar-refractivity contribution is -0.0755. The van der Waals surface area contributed by atoms with Crippen molar-refractivity contribution in [3.63, 3.8) is 0 Å².